The number of hydrogen-bond donors (Lipinski definition) is 1. The summed E-state index contributed by atoms with van der Waals surface area (Å²) in [6.07, 6.45) is 0. The fourth-order valence-corrected chi connectivity index (χ4v) is 2.77. The maximum absolute atomic E-state index is 5.07. The maximum Gasteiger partial charge on any atom is 0.215 e. The van der Waals surface area contributed by atoms with Crippen LogP contribution in [0.2, 0.25) is 0 Å². The molecule has 0 atom stereocenters. The predicted molar refractivity (Wildman–Crippen MR) is 85.9 cm³/mol. The summed E-state index contributed by atoms with van der Waals surface area (Å²) in [6, 6.07) is 10.6. The van der Waals surface area contributed by atoms with Crippen LogP contribution in [0.4, 0.5) is 5.82 Å². The lowest BCUT2D eigenvalue weighted by atomic mass is 10.2. The highest BCUT2D eigenvalue weighted by molar-refractivity contribution is 7.71. The van der Waals surface area contributed by atoms with E-state index < -0.39 is 0 Å². The van der Waals surface area contributed by atoms with E-state index in [1.54, 1.807) is 0 Å². The fraction of sp³-hybridized carbons (Fsp3) is 0.400. The summed E-state index contributed by atoms with van der Waals surface area (Å²) in [6.45, 7) is 6.95. The van der Waals surface area contributed by atoms with Crippen LogP contribution in [0, 0.1) is 11.7 Å². The van der Waals surface area contributed by atoms with Crippen LogP contribution in [0.3, 0.4) is 0 Å². The van der Waals surface area contributed by atoms with Gasteiger partial charge in [0, 0.05) is 32.7 Å². The van der Waals surface area contributed by atoms with Gasteiger partial charge in [-0.25, -0.2) is 0 Å². The number of nitrogens with zero attached hydrogens (tertiary/aromatic N) is 4. The second-order valence-electron chi connectivity index (χ2n) is 5.30. The molecule has 0 aliphatic carbocycles. The van der Waals surface area contributed by atoms with Crippen molar-refractivity contribution in [3.63, 3.8) is 0 Å². The van der Waals surface area contributed by atoms with Crippen LogP contribution in [-0.2, 0) is 6.54 Å². The number of nitrogens with one attached hydrogen (secondary N) is 1. The van der Waals surface area contributed by atoms with E-state index in [9.17, 15) is 0 Å². The lowest BCUT2D eigenvalue weighted by Crippen LogP contribution is -2.46. The minimum Gasteiger partial charge on any atom is -0.352 e. The maximum atomic E-state index is 5.07. The Balaban J connectivity index is 1.62. The summed E-state index contributed by atoms with van der Waals surface area (Å²) in [4.78, 5) is 9.15. The zero-order valence-corrected chi connectivity index (χ0v) is 12.9. The molecule has 0 unspecified atom stereocenters. The Morgan fingerprint density at radius 3 is 2.57 bits per heavy atom. The first-order chi connectivity index (χ1) is 10.2. The molecule has 0 spiro atoms. The minimum atomic E-state index is 0.447. The molecule has 1 saturated heterocycles. The van der Waals surface area contributed by atoms with Gasteiger partial charge >= 0.3 is 0 Å². The number of anilines is 1. The smallest absolute Gasteiger partial charge is 0.215 e. The van der Waals surface area contributed by atoms with Crippen molar-refractivity contribution in [3.8, 4) is 0 Å². The number of benzene rings is 1. The lowest BCUT2D eigenvalue weighted by molar-refractivity contribution is 0.249. The Kier molecular flexibility index (Phi) is 4.26. The van der Waals surface area contributed by atoms with Gasteiger partial charge in [-0.05, 0) is 24.7 Å². The van der Waals surface area contributed by atoms with Crippen LogP contribution < -0.4 is 4.90 Å². The molecule has 1 aliphatic heterocycles. The molecule has 1 fully saturated rings. The molecule has 0 radical (unpaired) electrons. The average Bonchev–Trinajstić information content (AvgIpc) is 2.52. The van der Waals surface area contributed by atoms with Crippen LogP contribution in [-0.4, -0.2) is 46.3 Å². The first kappa shape index (κ1) is 14.2. The molecule has 6 heteroatoms. The third-order valence-electron chi connectivity index (χ3n) is 3.77. The van der Waals surface area contributed by atoms with E-state index in [-0.39, 0.29) is 0 Å². The normalized spacial score (nSPS) is 16.1. The molecule has 110 valence electrons. The van der Waals surface area contributed by atoms with Crippen molar-refractivity contribution in [1.82, 2.24) is 20.1 Å². The van der Waals surface area contributed by atoms with Gasteiger partial charge in [-0.2, -0.15) is 10.1 Å². The van der Waals surface area contributed by atoms with E-state index in [4.69, 9.17) is 12.2 Å². The van der Waals surface area contributed by atoms with Crippen LogP contribution in [0.1, 0.15) is 11.3 Å². The molecule has 1 aromatic heterocycles. The van der Waals surface area contributed by atoms with Crippen LogP contribution in [0.25, 0.3) is 0 Å². The molecule has 1 aliphatic rings. The number of hydrogen-bond acceptors (Lipinski definition) is 5. The molecule has 1 aromatic carbocycles. The molecule has 1 N–H and O–H groups in total. The fourth-order valence-electron chi connectivity index (χ4n) is 2.64. The number of H-pyrrole nitrogens is 1. The summed E-state index contributed by atoms with van der Waals surface area (Å²) in [5.74, 6) is 0.915. The number of piperazine rings is 1. The van der Waals surface area contributed by atoms with Crippen molar-refractivity contribution in [1.29, 1.82) is 0 Å². The zero-order valence-electron chi connectivity index (χ0n) is 12.1. The number of aromatic amines is 1. The molecular weight excluding hydrogens is 282 g/mol. The molecule has 0 saturated carbocycles. The van der Waals surface area contributed by atoms with Crippen LogP contribution in [0.15, 0.2) is 30.3 Å². The summed E-state index contributed by atoms with van der Waals surface area (Å²) in [7, 11) is 0. The molecule has 0 amide bonds. The summed E-state index contributed by atoms with van der Waals surface area (Å²) in [5.41, 5.74) is 2.27. The highest BCUT2D eigenvalue weighted by atomic mass is 32.1. The Bertz CT molecular complexity index is 647. The van der Waals surface area contributed by atoms with E-state index in [1.807, 2.05) is 6.92 Å². The standard InChI is InChI=1S/C15H19N5S/c1-12-14(16-15(21)18-17-12)20-9-7-19(8-10-20)11-13-5-3-2-4-6-13/h2-6H,7-11H2,1H3,(H,16,18,21). The highest BCUT2D eigenvalue weighted by Crippen LogP contribution is 2.16. The van der Waals surface area contributed by atoms with E-state index in [0.29, 0.717) is 4.77 Å². The second kappa shape index (κ2) is 6.32. The molecule has 3 rings (SSSR count). The minimum absolute atomic E-state index is 0.447. The molecule has 2 heterocycles. The third kappa shape index (κ3) is 3.46. The van der Waals surface area contributed by atoms with Crippen molar-refractivity contribution in [3.05, 3.63) is 46.4 Å². The van der Waals surface area contributed by atoms with Crippen LogP contribution >= 0.6 is 12.2 Å². The summed E-state index contributed by atoms with van der Waals surface area (Å²) >= 11 is 5.07. The van der Waals surface area contributed by atoms with Crippen molar-refractivity contribution >= 4 is 18.0 Å². The van der Waals surface area contributed by atoms with Gasteiger partial charge in [-0.15, -0.1) is 0 Å². The predicted octanol–water partition coefficient (Wildman–Crippen LogP) is 2.16. The Morgan fingerprint density at radius 1 is 1.14 bits per heavy atom. The first-order valence-electron chi connectivity index (χ1n) is 7.17. The third-order valence-corrected chi connectivity index (χ3v) is 3.95. The monoisotopic (exact) mass is 301 g/mol. The van der Waals surface area contributed by atoms with Gasteiger partial charge in [-0.1, -0.05) is 30.3 Å². The van der Waals surface area contributed by atoms with Crippen molar-refractivity contribution in [2.75, 3.05) is 31.1 Å². The van der Waals surface area contributed by atoms with Crippen molar-refractivity contribution in [2.45, 2.75) is 13.5 Å². The Morgan fingerprint density at radius 2 is 1.86 bits per heavy atom. The average molecular weight is 301 g/mol. The lowest BCUT2D eigenvalue weighted by Gasteiger charge is -2.35. The molecule has 21 heavy (non-hydrogen) atoms. The molecular formula is C15H19N5S. The van der Waals surface area contributed by atoms with Gasteiger partial charge in [0.05, 0.1) is 0 Å². The van der Waals surface area contributed by atoms with Gasteiger partial charge in [0.1, 0.15) is 5.69 Å². The van der Waals surface area contributed by atoms with Gasteiger partial charge in [-0.3, -0.25) is 10.00 Å². The highest BCUT2D eigenvalue weighted by Gasteiger charge is 2.19. The van der Waals surface area contributed by atoms with Crippen LogP contribution in [0.5, 0.6) is 0 Å². The Hall–Kier alpha value is -1.79. The number of aryl methyl sites for hydroxylation is 1. The van der Waals surface area contributed by atoms with Crippen molar-refractivity contribution < 1.29 is 0 Å². The molecule has 0 bridgehead atoms. The topological polar surface area (TPSA) is 48.1 Å². The zero-order chi connectivity index (χ0) is 14.7. The first-order valence-corrected chi connectivity index (χ1v) is 7.58. The van der Waals surface area contributed by atoms with E-state index in [1.165, 1.54) is 5.56 Å². The number of rotatable bonds is 3. The molecule has 2 aromatic rings. The van der Waals surface area contributed by atoms with E-state index in [0.717, 1.165) is 44.2 Å². The Labute approximate surface area is 129 Å². The van der Waals surface area contributed by atoms with Gasteiger partial charge < -0.3 is 4.90 Å². The van der Waals surface area contributed by atoms with Gasteiger partial charge in [0.15, 0.2) is 5.82 Å². The van der Waals surface area contributed by atoms with E-state index >= 15 is 0 Å². The summed E-state index contributed by atoms with van der Waals surface area (Å²) < 4.78 is 0.447. The molecule has 5 nitrogen and oxygen atoms in total. The van der Waals surface area contributed by atoms with Gasteiger partial charge in [0.2, 0.25) is 4.77 Å². The van der Waals surface area contributed by atoms with Gasteiger partial charge in [0.25, 0.3) is 0 Å². The SMILES string of the molecule is Cc1n[nH]c(=S)nc1N1CCN(Cc2ccccc2)CC1. The second-order valence-corrected chi connectivity index (χ2v) is 5.69. The largest absolute Gasteiger partial charge is 0.352 e. The number of aromatic nitrogens is 3. The van der Waals surface area contributed by atoms with Crippen molar-refractivity contribution in [2.24, 2.45) is 0 Å². The van der Waals surface area contributed by atoms with E-state index in [2.05, 4.69) is 55.3 Å². The quantitative estimate of drug-likeness (QED) is 0.881. The summed E-state index contributed by atoms with van der Waals surface area (Å²) in [5, 5.41) is 6.93.